The van der Waals surface area contributed by atoms with Crippen molar-refractivity contribution in [2.75, 3.05) is 13.7 Å². The minimum absolute atomic E-state index is 0.00735. The average Bonchev–Trinajstić information content (AvgIpc) is 2.65. The molecule has 1 aromatic heterocycles. The summed E-state index contributed by atoms with van der Waals surface area (Å²) in [6.07, 6.45) is 0. The largest absolute Gasteiger partial charge is 0.468 e. The van der Waals surface area contributed by atoms with E-state index in [9.17, 15) is 13.2 Å². The van der Waals surface area contributed by atoms with Gasteiger partial charge in [-0.15, -0.1) is 0 Å². The third kappa shape index (κ3) is 3.30. The smallest absolute Gasteiger partial charge is 0.320 e. The van der Waals surface area contributed by atoms with Crippen LogP contribution in [0.3, 0.4) is 0 Å². The van der Waals surface area contributed by atoms with Crippen LogP contribution in [0.15, 0.2) is 9.42 Å². The number of alkyl halides is 1. The van der Waals surface area contributed by atoms with E-state index in [2.05, 4.69) is 30.5 Å². The fourth-order valence-electron chi connectivity index (χ4n) is 1.32. The highest BCUT2D eigenvalue weighted by atomic mass is 79.9. The molecule has 1 heterocycles. The Morgan fingerprint density at radius 3 is 2.61 bits per heavy atom. The number of esters is 1. The summed E-state index contributed by atoms with van der Waals surface area (Å²) >= 11 is 3.02. The van der Waals surface area contributed by atoms with Crippen molar-refractivity contribution in [3.8, 4) is 0 Å². The van der Waals surface area contributed by atoms with Crippen LogP contribution < -0.4 is 4.72 Å². The van der Waals surface area contributed by atoms with Crippen LogP contribution in [-0.2, 0) is 19.6 Å². The minimum Gasteiger partial charge on any atom is -0.468 e. The van der Waals surface area contributed by atoms with E-state index in [1.165, 1.54) is 21.0 Å². The van der Waals surface area contributed by atoms with Gasteiger partial charge in [0, 0.05) is 6.54 Å². The summed E-state index contributed by atoms with van der Waals surface area (Å²) in [7, 11) is -2.54. The molecule has 1 N–H and O–H groups in total. The lowest BCUT2D eigenvalue weighted by atomic mass is 10.4. The van der Waals surface area contributed by atoms with Crippen molar-refractivity contribution in [3.63, 3.8) is 0 Å². The summed E-state index contributed by atoms with van der Waals surface area (Å²) < 4.78 is 35.5. The van der Waals surface area contributed by atoms with Crippen LogP contribution in [-0.4, -0.2) is 38.0 Å². The molecule has 7 nitrogen and oxygen atoms in total. The lowest BCUT2D eigenvalue weighted by Crippen LogP contribution is -2.34. The van der Waals surface area contributed by atoms with Crippen LogP contribution in [0.5, 0.6) is 0 Å². The molecule has 0 amide bonds. The number of carbonyl (C=O) groups excluding carboxylic acids is 1. The van der Waals surface area contributed by atoms with Gasteiger partial charge in [0.2, 0.25) is 10.0 Å². The van der Waals surface area contributed by atoms with E-state index in [1.807, 2.05) is 0 Å². The Hall–Kier alpha value is -0.930. The number of carbonyl (C=O) groups is 1. The second-order valence-corrected chi connectivity index (χ2v) is 6.31. The first-order valence-corrected chi connectivity index (χ1v) is 7.34. The van der Waals surface area contributed by atoms with Crippen LogP contribution >= 0.6 is 15.9 Å². The molecule has 0 radical (unpaired) electrons. The van der Waals surface area contributed by atoms with E-state index in [0.29, 0.717) is 0 Å². The Balaban J connectivity index is 2.81. The van der Waals surface area contributed by atoms with Crippen molar-refractivity contribution < 1.29 is 22.5 Å². The van der Waals surface area contributed by atoms with Crippen LogP contribution in [0.2, 0.25) is 0 Å². The molecule has 0 aromatic carbocycles. The quantitative estimate of drug-likeness (QED) is 0.619. The number of sulfonamides is 1. The zero-order chi connectivity index (χ0) is 13.9. The first-order valence-electron chi connectivity index (χ1n) is 4.94. The molecule has 0 aliphatic rings. The number of hydrogen-bond donors (Lipinski definition) is 1. The predicted octanol–water partition coefficient (Wildman–Crippen LogP) is 0.506. The van der Waals surface area contributed by atoms with Crippen molar-refractivity contribution in [3.05, 3.63) is 11.5 Å². The summed E-state index contributed by atoms with van der Waals surface area (Å²) in [5, 5.41) is 3.56. The summed E-state index contributed by atoms with van der Waals surface area (Å²) in [6, 6.07) is 0. The number of halogens is 1. The van der Waals surface area contributed by atoms with Gasteiger partial charge in [-0.3, -0.25) is 4.79 Å². The molecular weight excluding hydrogens is 328 g/mol. The Labute approximate surface area is 113 Å². The molecule has 0 saturated carbocycles. The second kappa shape index (κ2) is 5.81. The number of aromatic nitrogens is 1. The molecule has 1 unspecified atom stereocenters. The number of ether oxygens (including phenoxy) is 1. The van der Waals surface area contributed by atoms with Gasteiger partial charge in [-0.1, -0.05) is 21.1 Å². The summed E-state index contributed by atoms with van der Waals surface area (Å²) in [5.74, 6) is -0.361. The highest BCUT2D eigenvalue weighted by molar-refractivity contribution is 9.10. The van der Waals surface area contributed by atoms with E-state index in [4.69, 9.17) is 4.52 Å². The third-order valence-electron chi connectivity index (χ3n) is 2.15. The SMILES string of the molecule is COC(=O)C(Br)CNS(=O)(=O)c1c(C)noc1C. The fourth-order valence-corrected chi connectivity index (χ4v) is 3.26. The monoisotopic (exact) mass is 340 g/mol. The Morgan fingerprint density at radius 1 is 1.56 bits per heavy atom. The molecular formula is C9H13BrN2O5S. The van der Waals surface area contributed by atoms with Gasteiger partial charge in [-0.25, -0.2) is 13.1 Å². The zero-order valence-corrected chi connectivity index (χ0v) is 12.5. The molecule has 1 aromatic rings. The number of hydrogen-bond acceptors (Lipinski definition) is 6. The molecule has 1 atom stereocenters. The van der Waals surface area contributed by atoms with Crippen LogP contribution in [0.4, 0.5) is 0 Å². The van der Waals surface area contributed by atoms with E-state index >= 15 is 0 Å². The number of rotatable bonds is 5. The number of nitrogens with one attached hydrogen (secondary N) is 1. The summed E-state index contributed by atoms with van der Waals surface area (Å²) in [4.78, 5) is 10.4. The Kier molecular flexibility index (Phi) is 4.88. The Morgan fingerprint density at radius 2 is 2.17 bits per heavy atom. The summed E-state index contributed by atoms with van der Waals surface area (Å²) in [6.45, 7) is 2.90. The second-order valence-electron chi connectivity index (χ2n) is 3.50. The van der Waals surface area contributed by atoms with Crippen molar-refractivity contribution >= 4 is 31.9 Å². The van der Waals surface area contributed by atoms with Gasteiger partial charge < -0.3 is 9.26 Å². The van der Waals surface area contributed by atoms with Gasteiger partial charge in [-0.05, 0) is 13.8 Å². The minimum atomic E-state index is -3.76. The van der Waals surface area contributed by atoms with Crippen LogP contribution in [0.25, 0.3) is 0 Å². The number of nitrogens with zero attached hydrogens (tertiary/aromatic N) is 1. The maximum Gasteiger partial charge on any atom is 0.320 e. The average molecular weight is 341 g/mol. The summed E-state index contributed by atoms with van der Waals surface area (Å²) in [5.41, 5.74) is 0.268. The highest BCUT2D eigenvalue weighted by Crippen LogP contribution is 2.18. The van der Waals surface area contributed by atoms with Crippen molar-refractivity contribution in [1.29, 1.82) is 0 Å². The molecule has 0 bridgehead atoms. The lowest BCUT2D eigenvalue weighted by Gasteiger charge is -2.09. The van der Waals surface area contributed by atoms with Crippen LogP contribution in [0.1, 0.15) is 11.5 Å². The first kappa shape index (κ1) is 15.1. The van der Waals surface area contributed by atoms with Gasteiger partial charge in [0.1, 0.15) is 15.4 Å². The van der Waals surface area contributed by atoms with Gasteiger partial charge in [0.05, 0.1) is 7.11 Å². The molecule has 0 fully saturated rings. The predicted molar refractivity (Wildman–Crippen MR) is 65.9 cm³/mol. The maximum absolute atomic E-state index is 12.0. The van der Waals surface area contributed by atoms with Crippen molar-refractivity contribution in [2.45, 2.75) is 23.6 Å². The first-order chi connectivity index (χ1) is 8.29. The van der Waals surface area contributed by atoms with E-state index in [-0.39, 0.29) is 22.9 Å². The number of aryl methyl sites for hydroxylation is 2. The van der Waals surface area contributed by atoms with Crippen molar-refractivity contribution in [1.82, 2.24) is 9.88 Å². The molecule has 9 heteroatoms. The molecule has 0 saturated heterocycles. The number of methoxy groups -OCH3 is 1. The molecule has 1 rings (SSSR count). The molecule has 0 aliphatic heterocycles. The standard InChI is InChI=1S/C9H13BrN2O5S/c1-5-8(6(2)17-12-5)18(14,15)11-4-7(10)9(13)16-3/h7,11H,4H2,1-3H3. The van der Waals surface area contributed by atoms with Gasteiger partial charge in [0.25, 0.3) is 0 Å². The third-order valence-corrected chi connectivity index (χ3v) is 4.51. The maximum atomic E-state index is 12.0. The Bertz CT molecular complexity index is 520. The zero-order valence-electron chi connectivity index (χ0n) is 10.1. The molecule has 0 aliphatic carbocycles. The highest BCUT2D eigenvalue weighted by Gasteiger charge is 2.26. The van der Waals surface area contributed by atoms with Gasteiger partial charge in [0.15, 0.2) is 5.76 Å². The van der Waals surface area contributed by atoms with Crippen molar-refractivity contribution in [2.24, 2.45) is 0 Å². The topological polar surface area (TPSA) is 98.5 Å². The van der Waals surface area contributed by atoms with E-state index < -0.39 is 20.8 Å². The van der Waals surface area contributed by atoms with E-state index in [0.717, 1.165) is 0 Å². The fraction of sp³-hybridized carbons (Fsp3) is 0.556. The normalized spacial score (nSPS) is 13.3. The van der Waals surface area contributed by atoms with Crippen LogP contribution in [0, 0.1) is 13.8 Å². The van der Waals surface area contributed by atoms with E-state index in [1.54, 1.807) is 0 Å². The molecule has 18 heavy (non-hydrogen) atoms. The molecule has 102 valence electrons. The lowest BCUT2D eigenvalue weighted by molar-refractivity contribution is -0.139. The van der Waals surface area contributed by atoms with Gasteiger partial charge >= 0.3 is 5.97 Å². The molecule has 0 spiro atoms. The van der Waals surface area contributed by atoms with Gasteiger partial charge in [-0.2, -0.15) is 0 Å².